The Labute approximate surface area is 131 Å². The molecule has 0 fully saturated rings. The average molecular weight is 311 g/mol. The van der Waals surface area contributed by atoms with Crippen LogP contribution in [0.4, 0.5) is 0 Å². The van der Waals surface area contributed by atoms with Gasteiger partial charge >= 0.3 is 5.97 Å². The molecule has 4 nitrogen and oxygen atoms in total. The van der Waals surface area contributed by atoms with Gasteiger partial charge in [-0.25, -0.2) is 9.78 Å². The molecule has 1 aromatic heterocycles. The second kappa shape index (κ2) is 6.07. The number of aromatic nitrogens is 1. The predicted molar refractivity (Wildman–Crippen MR) is 85.5 cm³/mol. The van der Waals surface area contributed by atoms with Crippen LogP contribution < -0.4 is 0 Å². The van der Waals surface area contributed by atoms with E-state index in [-0.39, 0.29) is 18.1 Å². The first-order valence-electron chi connectivity index (χ1n) is 6.85. The van der Waals surface area contributed by atoms with Gasteiger partial charge in [-0.15, -0.1) is 11.3 Å². The quantitative estimate of drug-likeness (QED) is 0.544. The SMILES string of the molecule is CCOC(=O)c1ncsc1C(=O)c1ccc2ccccc2c1. The lowest BCUT2D eigenvalue weighted by Gasteiger charge is -2.04. The molecule has 5 heteroatoms. The number of fused-ring (bicyclic) bond motifs is 1. The molecule has 3 aromatic rings. The Morgan fingerprint density at radius 1 is 1.14 bits per heavy atom. The minimum Gasteiger partial charge on any atom is -0.461 e. The number of nitrogens with zero attached hydrogens (tertiary/aromatic N) is 1. The van der Waals surface area contributed by atoms with Gasteiger partial charge in [0.2, 0.25) is 5.78 Å². The molecule has 1 heterocycles. The number of carbonyl (C=O) groups is 2. The lowest BCUT2D eigenvalue weighted by Crippen LogP contribution is -2.11. The fourth-order valence-corrected chi connectivity index (χ4v) is 2.95. The van der Waals surface area contributed by atoms with Gasteiger partial charge in [0.15, 0.2) is 5.69 Å². The van der Waals surface area contributed by atoms with Gasteiger partial charge in [-0.2, -0.15) is 0 Å². The summed E-state index contributed by atoms with van der Waals surface area (Å²) in [5.74, 6) is -0.774. The van der Waals surface area contributed by atoms with Crippen molar-refractivity contribution in [3.63, 3.8) is 0 Å². The molecule has 0 aliphatic rings. The van der Waals surface area contributed by atoms with E-state index in [4.69, 9.17) is 4.74 Å². The maximum atomic E-state index is 12.6. The Hall–Kier alpha value is -2.53. The predicted octanol–water partition coefficient (Wildman–Crippen LogP) is 3.70. The third kappa shape index (κ3) is 2.63. The van der Waals surface area contributed by atoms with Gasteiger partial charge in [0.1, 0.15) is 4.88 Å². The van der Waals surface area contributed by atoms with E-state index in [0.29, 0.717) is 10.4 Å². The van der Waals surface area contributed by atoms with E-state index >= 15 is 0 Å². The van der Waals surface area contributed by atoms with Crippen LogP contribution >= 0.6 is 11.3 Å². The van der Waals surface area contributed by atoms with Crippen molar-refractivity contribution in [2.75, 3.05) is 6.61 Å². The third-order valence-electron chi connectivity index (χ3n) is 3.25. The van der Waals surface area contributed by atoms with Crippen LogP contribution in [0.3, 0.4) is 0 Å². The highest BCUT2D eigenvalue weighted by atomic mass is 32.1. The van der Waals surface area contributed by atoms with Crippen LogP contribution in [0.5, 0.6) is 0 Å². The summed E-state index contributed by atoms with van der Waals surface area (Å²) in [5, 5.41) is 2.05. The van der Waals surface area contributed by atoms with Crippen molar-refractivity contribution in [1.29, 1.82) is 0 Å². The first-order chi connectivity index (χ1) is 10.7. The number of esters is 1. The van der Waals surface area contributed by atoms with Crippen LogP contribution in [0.2, 0.25) is 0 Å². The number of carbonyl (C=O) groups excluding carboxylic acids is 2. The lowest BCUT2D eigenvalue weighted by molar-refractivity contribution is 0.0517. The summed E-state index contributed by atoms with van der Waals surface area (Å²) in [4.78, 5) is 28.8. The van der Waals surface area contributed by atoms with Crippen LogP contribution in [0.1, 0.15) is 32.6 Å². The second-order valence-electron chi connectivity index (χ2n) is 4.64. The minimum absolute atomic E-state index is 0.0880. The molecule has 0 N–H and O–H groups in total. The van der Waals surface area contributed by atoms with Crippen LogP contribution in [0, 0.1) is 0 Å². The summed E-state index contributed by atoms with van der Waals surface area (Å²) in [5.41, 5.74) is 2.11. The van der Waals surface area contributed by atoms with Gasteiger partial charge < -0.3 is 4.74 Å². The van der Waals surface area contributed by atoms with Gasteiger partial charge in [0, 0.05) is 5.56 Å². The fourth-order valence-electron chi connectivity index (χ4n) is 2.21. The van der Waals surface area contributed by atoms with Crippen LogP contribution in [-0.4, -0.2) is 23.3 Å². The van der Waals surface area contributed by atoms with E-state index in [1.807, 2.05) is 36.4 Å². The summed E-state index contributed by atoms with van der Waals surface area (Å²) in [6.07, 6.45) is 0. The molecule has 3 rings (SSSR count). The highest BCUT2D eigenvalue weighted by Crippen LogP contribution is 2.22. The average Bonchev–Trinajstić information content (AvgIpc) is 3.03. The molecular formula is C17H13NO3S. The summed E-state index contributed by atoms with van der Waals surface area (Å²) in [7, 11) is 0. The molecule has 0 amide bonds. The first kappa shape index (κ1) is 14.4. The van der Waals surface area contributed by atoms with Crippen molar-refractivity contribution in [3.05, 3.63) is 64.1 Å². The maximum Gasteiger partial charge on any atom is 0.358 e. The first-order valence-corrected chi connectivity index (χ1v) is 7.72. The molecule has 0 saturated heterocycles. The molecule has 110 valence electrons. The zero-order chi connectivity index (χ0) is 15.5. The van der Waals surface area contributed by atoms with Gasteiger partial charge in [-0.1, -0.05) is 36.4 Å². The van der Waals surface area contributed by atoms with Crippen molar-refractivity contribution in [2.24, 2.45) is 0 Å². The Bertz CT molecular complexity index is 854. The zero-order valence-electron chi connectivity index (χ0n) is 11.9. The van der Waals surface area contributed by atoms with Crippen molar-refractivity contribution < 1.29 is 14.3 Å². The van der Waals surface area contributed by atoms with Crippen molar-refractivity contribution in [2.45, 2.75) is 6.92 Å². The van der Waals surface area contributed by atoms with E-state index < -0.39 is 5.97 Å². The largest absolute Gasteiger partial charge is 0.461 e. The number of rotatable bonds is 4. The standard InChI is InChI=1S/C17H13NO3S/c1-2-21-17(20)14-16(22-10-18-14)15(19)13-8-7-11-5-3-4-6-12(11)9-13/h3-10H,2H2,1H3. The molecule has 0 spiro atoms. The Kier molecular flexibility index (Phi) is 3.98. The number of benzene rings is 2. The number of hydrogen-bond acceptors (Lipinski definition) is 5. The molecule has 2 aromatic carbocycles. The molecule has 0 aliphatic heterocycles. The summed E-state index contributed by atoms with van der Waals surface area (Å²) in [6, 6.07) is 13.3. The van der Waals surface area contributed by atoms with E-state index in [0.717, 1.165) is 22.1 Å². The molecule has 0 aliphatic carbocycles. The maximum absolute atomic E-state index is 12.6. The lowest BCUT2D eigenvalue weighted by atomic mass is 10.0. The van der Waals surface area contributed by atoms with Gasteiger partial charge in [0.05, 0.1) is 12.1 Å². The Balaban J connectivity index is 1.99. The molecular weight excluding hydrogens is 298 g/mol. The van der Waals surface area contributed by atoms with Gasteiger partial charge in [-0.3, -0.25) is 4.79 Å². The van der Waals surface area contributed by atoms with E-state index in [1.165, 1.54) is 5.51 Å². The van der Waals surface area contributed by atoms with Crippen molar-refractivity contribution in [1.82, 2.24) is 4.98 Å². The molecule has 0 bridgehead atoms. The smallest absolute Gasteiger partial charge is 0.358 e. The van der Waals surface area contributed by atoms with Crippen molar-refractivity contribution >= 4 is 33.9 Å². The number of thiazole rings is 1. The number of ketones is 1. The number of ether oxygens (including phenoxy) is 1. The van der Waals surface area contributed by atoms with Crippen LogP contribution in [-0.2, 0) is 4.74 Å². The molecule has 0 saturated carbocycles. The van der Waals surface area contributed by atoms with Crippen LogP contribution in [0.25, 0.3) is 10.8 Å². The second-order valence-corrected chi connectivity index (χ2v) is 5.50. The topological polar surface area (TPSA) is 56.3 Å². The summed E-state index contributed by atoms with van der Waals surface area (Å²) in [6.45, 7) is 1.97. The highest BCUT2D eigenvalue weighted by Gasteiger charge is 2.22. The Morgan fingerprint density at radius 3 is 2.68 bits per heavy atom. The van der Waals surface area contributed by atoms with E-state index in [1.54, 1.807) is 13.0 Å². The molecule has 22 heavy (non-hydrogen) atoms. The number of hydrogen-bond donors (Lipinski definition) is 0. The molecule has 0 radical (unpaired) electrons. The normalized spacial score (nSPS) is 10.6. The zero-order valence-corrected chi connectivity index (χ0v) is 12.7. The summed E-state index contributed by atoms with van der Waals surface area (Å²) < 4.78 is 4.94. The summed E-state index contributed by atoms with van der Waals surface area (Å²) >= 11 is 1.15. The van der Waals surface area contributed by atoms with E-state index in [9.17, 15) is 9.59 Å². The van der Waals surface area contributed by atoms with Crippen molar-refractivity contribution in [3.8, 4) is 0 Å². The molecule has 0 unspecified atom stereocenters. The molecule has 0 atom stereocenters. The third-order valence-corrected chi connectivity index (χ3v) is 4.08. The fraction of sp³-hybridized carbons (Fsp3) is 0.118. The van der Waals surface area contributed by atoms with Gasteiger partial charge in [0.25, 0.3) is 0 Å². The van der Waals surface area contributed by atoms with Gasteiger partial charge in [-0.05, 0) is 23.8 Å². The Morgan fingerprint density at radius 2 is 1.91 bits per heavy atom. The monoisotopic (exact) mass is 311 g/mol. The van der Waals surface area contributed by atoms with E-state index in [2.05, 4.69) is 4.98 Å². The highest BCUT2D eigenvalue weighted by molar-refractivity contribution is 7.12. The van der Waals surface area contributed by atoms with Crippen LogP contribution in [0.15, 0.2) is 48.0 Å². The minimum atomic E-state index is -0.562.